The Kier molecular flexibility index (Phi) is 5.95. The van der Waals surface area contributed by atoms with Crippen LogP contribution in [0.15, 0.2) is 42.6 Å². The molecule has 3 heteroatoms. The molecule has 1 fully saturated rings. The Labute approximate surface area is 151 Å². The Morgan fingerprint density at radius 2 is 2.04 bits per heavy atom. The predicted octanol–water partition coefficient (Wildman–Crippen LogP) is 4.77. The molecule has 0 N–H and O–H groups in total. The SMILES string of the molecule is CCCCCN(Cc1cccn1Cc1cccc(C)c1)C(=O)C1CC1. The third-order valence-corrected chi connectivity index (χ3v) is 4.98. The average molecular weight is 338 g/mol. The molecule has 25 heavy (non-hydrogen) atoms. The number of carbonyl (C=O) groups is 1. The van der Waals surface area contributed by atoms with Gasteiger partial charge >= 0.3 is 0 Å². The van der Waals surface area contributed by atoms with Gasteiger partial charge in [0, 0.05) is 30.9 Å². The van der Waals surface area contributed by atoms with Crippen LogP contribution in [-0.2, 0) is 17.9 Å². The lowest BCUT2D eigenvalue weighted by Crippen LogP contribution is -2.33. The van der Waals surface area contributed by atoms with Crippen molar-refractivity contribution < 1.29 is 4.79 Å². The summed E-state index contributed by atoms with van der Waals surface area (Å²) >= 11 is 0. The largest absolute Gasteiger partial charge is 0.345 e. The number of unbranched alkanes of at least 4 members (excludes halogenated alkanes) is 2. The Bertz CT molecular complexity index is 700. The fourth-order valence-corrected chi connectivity index (χ4v) is 3.36. The summed E-state index contributed by atoms with van der Waals surface area (Å²) in [5.41, 5.74) is 3.83. The fraction of sp³-hybridized carbons (Fsp3) is 0.500. The van der Waals surface area contributed by atoms with Gasteiger partial charge < -0.3 is 9.47 Å². The molecule has 1 heterocycles. The zero-order valence-corrected chi connectivity index (χ0v) is 15.6. The molecule has 0 atom stereocenters. The van der Waals surface area contributed by atoms with E-state index in [0.717, 1.165) is 38.9 Å². The van der Waals surface area contributed by atoms with Gasteiger partial charge in [0.1, 0.15) is 0 Å². The maximum absolute atomic E-state index is 12.7. The second kappa shape index (κ2) is 8.37. The van der Waals surface area contributed by atoms with Crippen LogP contribution in [0.2, 0.25) is 0 Å². The summed E-state index contributed by atoms with van der Waals surface area (Å²) in [4.78, 5) is 14.7. The van der Waals surface area contributed by atoms with E-state index >= 15 is 0 Å². The molecule has 1 aliphatic rings. The van der Waals surface area contributed by atoms with Gasteiger partial charge in [0.25, 0.3) is 0 Å². The van der Waals surface area contributed by atoms with Gasteiger partial charge in [0.2, 0.25) is 5.91 Å². The zero-order chi connectivity index (χ0) is 17.6. The van der Waals surface area contributed by atoms with E-state index < -0.39 is 0 Å². The molecule has 0 bridgehead atoms. The van der Waals surface area contributed by atoms with Crippen molar-refractivity contribution in [1.82, 2.24) is 9.47 Å². The molecule has 1 amide bonds. The number of carbonyl (C=O) groups excluding carboxylic acids is 1. The minimum absolute atomic E-state index is 0.293. The lowest BCUT2D eigenvalue weighted by molar-refractivity contribution is -0.133. The first-order valence-electron chi connectivity index (χ1n) is 9.65. The minimum Gasteiger partial charge on any atom is -0.345 e. The van der Waals surface area contributed by atoms with Crippen molar-refractivity contribution in [2.75, 3.05) is 6.54 Å². The average Bonchev–Trinajstić information content (AvgIpc) is 3.36. The van der Waals surface area contributed by atoms with Gasteiger partial charge in [-0.15, -0.1) is 0 Å². The van der Waals surface area contributed by atoms with Crippen LogP contribution in [0.25, 0.3) is 0 Å². The van der Waals surface area contributed by atoms with Crippen LogP contribution >= 0.6 is 0 Å². The quantitative estimate of drug-likeness (QED) is 0.604. The molecule has 0 radical (unpaired) electrons. The van der Waals surface area contributed by atoms with Crippen LogP contribution < -0.4 is 0 Å². The van der Waals surface area contributed by atoms with Crippen LogP contribution in [0.1, 0.15) is 55.8 Å². The van der Waals surface area contributed by atoms with Crippen molar-refractivity contribution in [2.45, 2.75) is 59.0 Å². The highest BCUT2D eigenvalue weighted by Crippen LogP contribution is 2.31. The second-order valence-electron chi connectivity index (χ2n) is 7.36. The van der Waals surface area contributed by atoms with E-state index in [1.165, 1.54) is 29.7 Å². The van der Waals surface area contributed by atoms with Crippen LogP contribution in [0.5, 0.6) is 0 Å². The molecule has 3 nitrogen and oxygen atoms in total. The normalized spacial score (nSPS) is 13.8. The van der Waals surface area contributed by atoms with Gasteiger partial charge in [0.05, 0.1) is 6.54 Å². The maximum atomic E-state index is 12.7. The summed E-state index contributed by atoms with van der Waals surface area (Å²) in [5, 5.41) is 0. The number of hydrogen-bond donors (Lipinski definition) is 0. The van der Waals surface area contributed by atoms with E-state index in [9.17, 15) is 4.79 Å². The van der Waals surface area contributed by atoms with Crippen molar-refractivity contribution in [1.29, 1.82) is 0 Å². The summed E-state index contributed by atoms with van der Waals surface area (Å²) in [7, 11) is 0. The smallest absolute Gasteiger partial charge is 0.226 e. The molecular formula is C22H30N2O. The van der Waals surface area contributed by atoms with Crippen molar-refractivity contribution >= 4 is 5.91 Å². The first-order valence-corrected chi connectivity index (χ1v) is 9.65. The van der Waals surface area contributed by atoms with Crippen LogP contribution in [0.3, 0.4) is 0 Å². The van der Waals surface area contributed by atoms with E-state index in [2.05, 4.69) is 65.9 Å². The summed E-state index contributed by atoms with van der Waals surface area (Å²) in [5.74, 6) is 0.654. The van der Waals surface area contributed by atoms with E-state index in [4.69, 9.17) is 0 Å². The highest BCUT2D eigenvalue weighted by Gasteiger charge is 2.33. The van der Waals surface area contributed by atoms with Gasteiger partial charge in [-0.2, -0.15) is 0 Å². The molecule has 0 aliphatic heterocycles. The van der Waals surface area contributed by atoms with E-state index in [-0.39, 0.29) is 0 Å². The number of nitrogens with zero attached hydrogens (tertiary/aromatic N) is 2. The number of rotatable bonds is 9. The monoisotopic (exact) mass is 338 g/mol. The van der Waals surface area contributed by atoms with Gasteiger partial charge in [-0.1, -0.05) is 49.6 Å². The van der Waals surface area contributed by atoms with E-state index in [1.807, 2.05) is 0 Å². The molecule has 1 aromatic heterocycles. The molecule has 134 valence electrons. The lowest BCUT2D eigenvalue weighted by atomic mass is 10.1. The number of aromatic nitrogens is 1. The summed E-state index contributed by atoms with van der Waals surface area (Å²) < 4.78 is 2.28. The van der Waals surface area contributed by atoms with Gasteiger partial charge in [0.15, 0.2) is 0 Å². The van der Waals surface area contributed by atoms with Crippen molar-refractivity contribution in [3.63, 3.8) is 0 Å². The molecule has 0 spiro atoms. The third kappa shape index (κ3) is 4.97. The molecular weight excluding hydrogens is 308 g/mol. The molecule has 0 saturated heterocycles. The van der Waals surface area contributed by atoms with E-state index in [1.54, 1.807) is 0 Å². The summed E-state index contributed by atoms with van der Waals surface area (Å²) in [6.07, 6.45) is 7.77. The number of aryl methyl sites for hydroxylation is 1. The standard InChI is InChI=1S/C22H30N2O/c1-3-4-5-13-24(22(25)20-11-12-20)17-21-10-7-14-23(21)16-19-9-6-8-18(2)15-19/h6-10,14-15,20H,3-5,11-13,16-17H2,1-2H3. The lowest BCUT2D eigenvalue weighted by Gasteiger charge is -2.24. The first kappa shape index (κ1) is 17.8. The number of hydrogen-bond acceptors (Lipinski definition) is 1. The summed E-state index contributed by atoms with van der Waals surface area (Å²) in [6.45, 7) is 6.82. The van der Waals surface area contributed by atoms with Crippen LogP contribution in [0, 0.1) is 12.8 Å². The van der Waals surface area contributed by atoms with Crippen LogP contribution in [-0.4, -0.2) is 21.9 Å². The molecule has 3 rings (SSSR count). The van der Waals surface area contributed by atoms with Crippen molar-refractivity contribution in [2.24, 2.45) is 5.92 Å². The number of benzene rings is 1. The molecule has 1 aromatic carbocycles. The third-order valence-electron chi connectivity index (χ3n) is 4.98. The topological polar surface area (TPSA) is 25.2 Å². The maximum Gasteiger partial charge on any atom is 0.226 e. The van der Waals surface area contributed by atoms with Gasteiger partial charge in [-0.05, 0) is 43.9 Å². The first-order chi connectivity index (χ1) is 12.2. The molecule has 1 saturated carbocycles. The Morgan fingerprint density at radius 1 is 1.20 bits per heavy atom. The van der Waals surface area contributed by atoms with Crippen molar-refractivity contribution in [3.8, 4) is 0 Å². The number of amides is 1. The predicted molar refractivity (Wildman–Crippen MR) is 102 cm³/mol. The zero-order valence-electron chi connectivity index (χ0n) is 15.6. The Balaban J connectivity index is 1.69. The van der Waals surface area contributed by atoms with Crippen molar-refractivity contribution in [3.05, 3.63) is 59.4 Å². The van der Waals surface area contributed by atoms with Gasteiger partial charge in [-0.25, -0.2) is 0 Å². The van der Waals surface area contributed by atoms with Gasteiger partial charge in [-0.3, -0.25) is 4.79 Å². The summed E-state index contributed by atoms with van der Waals surface area (Å²) in [6, 6.07) is 12.9. The Hall–Kier alpha value is -2.03. The molecule has 2 aromatic rings. The molecule has 0 unspecified atom stereocenters. The highest BCUT2D eigenvalue weighted by atomic mass is 16.2. The second-order valence-corrected chi connectivity index (χ2v) is 7.36. The van der Waals surface area contributed by atoms with E-state index in [0.29, 0.717) is 11.8 Å². The Morgan fingerprint density at radius 3 is 2.76 bits per heavy atom. The minimum atomic E-state index is 0.293. The highest BCUT2D eigenvalue weighted by molar-refractivity contribution is 5.81. The van der Waals surface area contributed by atoms with Crippen LogP contribution in [0.4, 0.5) is 0 Å². The fourth-order valence-electron chi connectivity index (χ4n) is 3.36. The molecule has 1 aliphatic carbocycles.